The average Bonchev–Trinajstić information content (AvgIpc) is 2.83. The number of carbonyl (C=O) groups excluding carboxylic acids is 1. The molecule has 1 aliphatic rings. The Hall–Kier alpha value is -3.38. The second-order valence-corrected chi connectivity index (χ2v) is 10.00. The van der Waals surface area contributed by atoms with Crippen molar-refractivity contribution in [3.8, 4) is 11.1 Å². The van der Waals surface area contributed by atoms with Gasteiger partial charge in [-0.1, -0.05) is 54.6 Å². The van der Waals surface area contributed by atoms with Crippen molar-refractivity contribution in [1.29, 1.82) is 0 Å². The molecule has 0 bridgehead atoms. The van der Waals surface area contributed by atoms with Crippen LogP contribution < -0.4 is 5.56 Å². The molecule has 3 aromatic rings. The number of benzene rings is 2. The zero-order chi connectivity index (χ0) is 25.2. The molecule has 1 amide bonds. The summed E-state index contributed by atoms with van der Waals surface area (Å²) in [5.41, 5.74) is 1.84. The summed E-state index contributed by atoms with van der Waals surface area (Å²) in [6.45, 7) is 8.57. The van der Waals surface area contributed by atoms with Crippen LogP contribution in [0.3, 0.4) is 0 Å². The maximum absolute atomic E-state index is 13.3. The minimum atomic E-state index is -0.989. The number of cyclic esters (lactones) is 1. The Balaban J connectivity index is 1.53. The van der Waals surface area contributed by atoms with Crippen LogP contribution in [-0.4, -0.2) is 32.8 Å². The first kappa shape index (κ1) is 24.7. The molecule has 1 aromatic heterocycles. The molecule has 0 saturated carbocycles. The Kier molecular flexibility index (Phi) is 6.86. The van der Waals surface area contributed by atoms with E-state index in [0.29, 0.717) is 25.9 Å². The van der Waals surface area contributed by atoms with E-state index in [2.05, 4.69) is 0 Å². The van der Waals surface area contributed by atoms with Crippen molar-refractivity contribution in [2.75, 3.05) is 6.54 Å². The standard InChI is InChI=1S/C29H34N2O4/c1-5-30-17-15-24(19-26(30)32)23-13-11-22(12-14-23)21(2)31-18-16-29(35-27(31)33,20-28(3,4)34)25-9-7-6-8-10-25/h6-15,17,19,21,34H,5,16,18,20H2,1-4H3/t21-,29?/m0/s1. The molecule has 35 heavy (non-hydrogen) atoms. The molecule has 0 aliphatic carbocycles. The van der Waals surface area contributed by atoms with Gasteiger partial charge in [-0.3, -0.25) is 4.79 Å². The number of rotatable bonds is 7. The van der Waals surface area contributed by atoms with E-state index in [1.807, 2.05) is 80.7 Å². The SMILES string of the molecule is CCn1ccc(-c2ccc([C@H](C)N3CCC(CC(C)(C)O)(c4ccccc4)OC3=O)cc2)cc1=O. The molecule has 6 heteroatoms. The van der Waals surface area contributed by atoms with Crippen molar-refractivity contribution in [2.45, 2.75) is 64.3 Å². The summed E-state index contributed by atoms with van der Waals surface area (Å²) in [5, 5.41) is 10.6. The Morgan fingerprint density at radius 3 is 2.29 bits per heavy atom. The van der Waals surface area contributed by atoms with Gasteiger partial charge in [-0.25, -0.2) is 4.79 Å². The molecule has 0 spiro atoms. The lowest BCUT2D eigenvalue weighted by atomic mass is 9.80. The van der Waals surface area contributed by atoms with E-state index in [1.54, 1.807) is 29.4 Å². The number of pyridine rings is 1. The molecular weight excluding hydrogens is 440 g/mol. The number of hydrogen-bond acceptors (Lipinski definition) is 4. The van der Waals surface area contributed by atoms with E-state index in [-0.39, 0.29) is 17.7 Å². The van der Waals surface area contributed by atoms with Gasteiger partial charge >= 0.3 is 6.09 Å². The number of aliphatic hydroxyl groups is 1. The first-order chi connectivity index (χ1) is 16.6. The van der Waals surface area contributed by atoms with E-state index in [9.17, 15) is 14.7 Å². The zero-order valence-electron chi connectivity index (χ0n) is 20.9. The van der Waals surface area contributed by atoms with Gasteiger partial charge in [-0.15, -0.1) is 0 Å². The molecule has 0 radical (unpaired) electrons. The number of amides is 1. The second-order valence-electron chi connectivity index (χ2n) is 10.00. The Bertz CT molecular complexity index is 1230. The lowest BCUT2D eigenvalue weighted by Gasteiger charge is -2.45. The maximum atomic E-state index is 13.3. The van der Waals surface area contributed by atoms with Crippen molar-refractivity contribution in [3.63, 3.8) is 0 Å². The highest BCUT2D eigenvalue weighted by Gasteiger charge is 2.46. The number of aromatic nitrogens is 1. The van der Waals surface area contributed by atoms with Crippen molar-refractivity contribution >= 4 is 6.09 Å². The van der Waals surface area contributed by atoms with Crippen LogP contribution in [-0.2, 0) is 16.9 Å². The van der Waals surface area contributed by atoms with E-state index < -0.39 is 11.2 Å². The minimum absolute atomic E-state index is 0.0218. The lowest BCUT2D eigenvalue weighted by Crippen LogP contribution is -2.51. The van der Waals surface area contributed by atoms with Crippen LogP contribution in [0, 0.1) is 0 Å². The monoisotopic (exact) mass is 474 g/mol. The van der Waals surface area contributed by atoms with Gasteiger partial charge in [0.15, 0.2) is 0 Å². The fourth-order valence-electron chi connectivity index (χ4n) is 4.97. The highest BCUT2D eigenvalue weighted by atomic mass is 16.6. The summed E-state index contributed by atoms with van der Waals surface area (Å²) < 4.78 is 7.77. The van der Waals surface area contributed by atoms with E-state index >= 15 is 0 Å². The van der Waals surface area contributed by atoms with Crippen LogP contribution in [0.1, 0.15) is 57.7 Å². The van der Waals surface area contributed by atoms with Crippen LogP contribution in [0.15, 0.2) is 77.7 Å². The third kappa shape index (κ3) is 5.33. The van der Waals surface area contributed by atoms with Crippen LogP contribution in [0.2, 0.25) is 0 Å². The van der Waals surface area contributed by atoms with Gasteiger partial charge in [0.1, 0.15) is 5.60 Å². The predicted octanol–water partition coefficient (Wildman–Crippen LogP) is 5.50. The van der Waals surface area contributed by atoms with Crippen LogP contribution in [0.5, 0.6) is 0 Å². The van der Waals surface area contributed by atoms with Gasteiger partial charge in [0.2, 0.25) is 0 Å². The number of carbonyl (C=O) groups is 1. The minimum Gasteiger partial charge on any atom is -0.438 e. The smallest absolute Gasteiger partial charge is 0.411 e. The van der Waals surface area contributed by atoms with Crippen molar-refractivity contribution in [2.24, 2.45) is 0 Å². The molecule has 1 fully saturated rings. The molecule has 1 N–H and O–H groups in total. The lowest BCUT2D eigenvalue weighted by molar-refractivity contribution is -0.101. The van der Waals surface area contributed by atoms with E-state index in [4.69, 9.17) is 4.74 Å². The molecular formula is C29H34N2O4. The summed E-state index contributed by atoms with van der Waals surface area (Å²) in [7, 11) is 0. The fraction of sp³-hybridized carbons (Fsp3) is 0.379. The zero-order valence-corrected chi connectivity index (χ0v) is 20.9. The Labute approximate surface area is 206 Å². The summed E-state index contributed by atoms with van der Waals surface area (Å²) in [5.74, 6) is 0. The highest BCUT2D eigenvalue weighted by Crippen LogP contribution is 2.42. The summed E-state index contributed by atoms with van der Waals surface area (Å²) >= 11 is 0. The molecule has 2 atom stereocenters. The second kappa shape index (κ2) is 9.70. The fourth-order valence-corrected chi connectivity index (χ4v) is 4.97. The van der Waals surface area contributed by atoms with E-state index in [0.717, 1.165) is 22.3 Å². The number of nitrogens with zero attached hydrogens (tertiary/aromatic N) is 2. The van der Waals surface area contributed by atoms with Gasteiger partial charge < -0.3 is 19.3 Å². The summed E-state index contributed by atoms with van der Waals surface area (Å²) in [6.07, 6.45) is 2.33. The van der Waals surface area contributed by atoms with Gasteiger partial charge in [-0.05, 0) is 56.0 Å². The third-order valence-corrected chi connectivity index (χ3v) is 6.82. The average molecular weight is 475 g/mol. The Morgan fingerprint density at radius 1 is 1.03 bits per heavy atom. The molecule has 1 saturated heterocycles. The normalized spacial score (nSPS) is 19.3. The molecule has 2 aromatic carbocycles. The summed E-state index contributed by atoms with van der Waals surface area (Å²) in [6, 6.07) is 21.1. The maximum Gasteiger partial charge on any atom is 0.411 e. The highest BCUT2D eigenvalue weighted by molar-refractivity contribution is 5.70. The number of aryl methyl sites for hydroxylation is 1. The van der Waals surface area contributed by atoms with Crippen molar-refractivity contribution in [1.82, 2.24) is 9.47 Å². The molecule has 1 aliphatic heterocycles. The van der Waals surface area contributed by atoms with Crippen LogP contribution in [0.25, 0.3) is 11.1 Å². The molecule has 6 nitrogen and oxygen atoms in total. The first-order valence-electron chi connectivity index (χ1n) is 12.2. The topological polar surface area (TPSA) is 71.8 Å². The Morgan fingerprint density at radius 2 is 1.71 bits per heavy atom. The van der Waals surface area contributed by atoms with Gasteiger partial charge in [0, 0.05) is 38.2 Å². The molecule has 4 rings (SSSR count). The van der Waals surface area contributed by atoms with Crippen molar-refractivity contribution < 1.29 is 14.6 Å². The molecule has 184 valence electrons. The van der Waals surface area contributed by atoms with Gasteiger partial charge in [-0.2, -0.15) is 0 Å². The van der Waals surface area contributed by atoms with Gasteiger partial charge in [0.25, 0.3) is 5.56 Å². The number of hydrogen-bond donors (Lipinski definition) is 1. The molecule has 2 heterocycles. The quantitative estimate of drug-likeness (QED) is 0.491. The molecule has 1 unspecified atom stereocenters. The van der Waals surface area contributed by atoms with Crippen molar-refractivity contribution in [3.05, 3.63) is 94.4 Å². The third-order valence-electron chi connectivity index (χ3n) is 6.82. The number of ether oxygens (including phenoxy) is 1. The predicted molar refractivity (Wildman–Crippen MR) is 137 cm³/mol. The van der Waals surface area contributed by atoms with Crippen LogP contribution in [0.4, 0.5) is 4.79 Å². The van der Waals surface area contributed by atoms with E-state index in [1.165, 1.54) is 0 Å². The summed E-state index contributed by atoms with van der Waals surface area (Å²) in [4.78, 5) is 27.2. The van der Waals surface area contributed by atoms with Crippen LogP contribution >= 0.6 is 0 Å². The van der Waals surface area contributed by atoms with Gasteiger partial charge in [0.05, 0.1) is 11.6 Å². The largest absolute Gasteiger partial charge is 0.438 e. The first-order valence-corrected chi connectivity index (χ1v) is 12.2.